The van der Waals surface area contributed by atoms with Crippen LogP contribution in [0.2, 0.25) is 0 Å². The van der Waals surface area contributed by atoms with Crippen molar-refractivity contribution in [1.82, 2.24) is 19.9 Å². The first kappa shape index (κ1) is 13.7. The van der Waals surface area contributed by atoms with Crippen molar-refractivity contribution >= 4 is 5.78 Å². The molecular formula is C14H22N4O2. The van der Waals surface area contributed by atoms with E-state index in [4.69, 9.17) is 4.74 Å². The second-order valence-corrected chi connectivity index (χ2v) is 5.82. The van der Waals surface area contributed by atoms with Crippen LogP contribution in [0.4, 0.5) is 0 Å². The second kappa shape index (κ2) is 5.61. The Morgan fingerprint density at radius 2 is 2.05 bits per heavy atom. The lowest BCUT2D eigenvalue weighted by atomic mass is 9.87. The maximum absolute atomic E-state index is 12.9. The van der Waals surface area contributed by atoms with E-state index >= 15 is 0 Å². The number of ketones is 1. The van der Waals surface area contributed by atoms with Gasteiger partial charge in [-0.2, -0.15) is 0 Å². The number of Topliss-reactive ketones (excluding diaryl/α,β-unsaturated/α-hetero) is 1. The maximum Gasteiger partial charge on any atom is 0.159 e. The number of rotatable bonds is 4. The second-order valence-electron chi connectivity index (χ2n) is 5.82. The van der Waals surface area contributed by atoms with E-state index in [1.54, 1.807) is 4.68 Å². The molecule has 0 aromatic carbocycles. The number of carbonyl (C=O) groups is 1. The van der Waals surface area contributed by atoms with Gasteiger partial charge in [-0.15, -0.1) is 5.10 Å². The van der Waals surface area contributed by atoms with Crippen LogP contribution < -0.4 is 0 Å². The molecule has 110 valence electrons. The maximum atomic E-state index is 12.9. The summed E-state index contributed by atoms with van der Waals surface area (Å²) in [6, 6.07) is 0. The smallest absolute Gasteiger partial charge is 0.159 e. The summed E-state index contributed by atoms with van der Waals surface area (Å²) in [6.07, 6.45) is 6.47. The van der Waals surface area contributed by atoms with Gasteiger partial charge in [0.05, 0.1) is 30.9 Å². The van der Waals surface area contributed by atoms with Crippen LogP contribution in [0, 0.1) is 0 Å². The Morgan fingerprint density at radius 1 is 1.35 bits per heavy atom. The third-order valence-corrected chi connectivity index (χ3v) is 4.56. The predicted octanol–water partition coefficient (Wildman–Crippen LogP) is 0.572. The van der Waals surface area contributed by atoms with Gasteiger partial charge in [0.1, 0.15) is 0 Å². The summed E-state index contributed by atoms with van der Waals surface area (Å²) in [7, 11) is 1.83. The third kappa shape index (κ3) is 2.50. The van der Waals surface area contributed by atoms with E-state index in [1.807, 2.05) is 13.2 Å². The van der Waals surface area contributed by atoms with E-state index in [2.05, 4.69) is 15.2 Å². The molecule has 6 heteroatoms. The van der Waals surface area contributed by atoms with E-state index < -0.39 is 0 Å². The Morgan fingerprint density at radius 3 is 2.65 bits per heavy atom. The van der Waals surface area contributed by atoms with Crippen LogP contribution in [0.5, 0.6) is 0 Å². The Kier molecular flexibility index (Phi) is 3.85. The molecule has 3 rings (SSSR count). The van der Waals surface area contributed by atoms with Gasteiger partial charge in [-0.25, -0.2) is 0 Å². The fourth-order valence-electron chi connectivity index (χ4n) is 3.53. The number of nitrogens with zero attached hydrogens (tertiary/aromatic N) is 4. The normalized spacial score (nSPS) is 23.1. The predicted molar refractivity (Wildman–Crippen MR) is 73.3 cm³/mol. The number of hydrogen-bond acceptors (Lipinski definition) is 5. The topological polar surface area (TPSA) is 60.2 Å². The molecule has 2 aliphatic rings. The van der Waals surface area contributed by atoms with Gasteiger partial charge in [0, 0.05) is 26.3 Å². The summed E-state index contributed by atoms with van der Waals surface area (Å²) in [5.74, 6) is 0.303. The highest BCUT2D eigenvalue weighted by molar-refractivity contribution is 5.90. The molecule has 1 aromatic rings. The molecular weight excluding hydrogens is 256 g/mol. The molecule has 1 aromatic heterocycles. The highest BCUT2D eigenvalue weighted by Crippen LogP contribution is 2.37. The van der Waals surface area contributed by atoms with Crippen molar-refractivity contribution in [2.75, 3.05) is 26.3 Å². The van der Waals surface area contributed by atoms with Crippen LogP contribution in [0.15, 0.2) is 6.20 Å². The highest BCUT2D eigenvalue weighted by Gasteiger charge is 2.45. The van der Waals surface area contributed by atoms with E-state index in [0.717, 1.165) is 57.7 Å². The number of morpholine rings is 1. The van der Waals surface area contributed by atoms with Gasteiger partial charge < -0.3 is 4.74 Å². The molecule has 2 heterocycles. The van der Waals surface area contributed by atoms with E-state index in [0.29, 0.717) is 12.2 Å². The molecule has 0 spiro atoms. The summed E-state index contributed by atoms with van der Waals surface area (Å²) >= 11 is 0. The monoisotopic (exact) mass is 278 g/mol. The van der Waals surface area contributed by atoms with Crippen molar-refractivity contribution in [3.63, 3.8) is 0 Å². The van der Waals surface area contributed by atoms with Gasteiger partial charge in [0.25, 0.3) is 0 Å². The minimum Gasteiger partial charge on any atom is -0.379 e. The fourth-order valence-corrected chi connectivity index (χ4v) is 3.53. The number of ether oxygens (including phenoxy) is 1. The van der Waals surface area contributed by atoms with Crippen LogP contribution in [-0.2, 0) is 23.0 Å². The van der Waals surface area contributed by atoms with Crippen molar-refractivity contribution in [2.45, 2.75) is 37.6 Å². The van der Waals surface area contributed by atoms with E-state index in [-0.39, 0.29) is 5.54 Å². The quantitative estimate of drug-likeness (QED) is 0.806. The zero-order valence-corrected chi connectivity index (χ0v) is 12.0. The first-order valence-electron chi connectivity index (χ1n) is 7.42. The summed E-state index contributed by atoms with van der Waals surface area (Å²) in [6.45, 7) is 3.21. The lowest BCUT2D eigenvalue weighted by Crippen LogP contribution is -2.57. The zero-order chi connectivity index (χ0) is 14.0. The van der Waals surface area contributed by atoms with Crippen molar-refractivity contribution in [2.24, 2.45) is 7.05 Å². The Hall–Kier alpha value is -1.27. The van der Waals surface area contributed by atoms with E-state index in [9.17, 15) is 4.79 Å². The van der Waals surface area contributed by atoms with Crippen molar-refractivity contribution in [3.05, 3.63) is 11.9 Å². The molecule has 2 fully saturated rings. The van der Waals surface area contributed by atoms with Crippen LogP contribution in [0.1, 0.15) is 31.4 Å². The average Bonchev–Trinajstić information content (AvgIpc) is 3.10. The van der Waals surface area contributed by atoms with Crippen LogP contribution in [-0.4, -0.2) is 57.5 Å². The molecule has 1 saturated carbocycles. The lowest BCUT2D eigenvalue weighted by Gasteiger charge is -2.42. The molecule has 0 unspecified atom stereocenters. The van der Waals surface area contributed by atoms with Gasteiger partial charge >= 0.3 is 0 Å². The van der Waals surface area contributed by atoms with Gasteiger partial charge in [-0.1, -0.05) is 18.1 Å². The van der Waals surface area contributed by atoms with Crippen molar-refractivity contribution < 1.29 is 9.53 Å². The molecule has 1 aliphatic carbocycles. The van der Waals surface area contributed by atoms with Crippen molar-refractivity contribution in [3.8, 4) is 0 Å². The zero-order valence-electron chi connectivity index (χ0n) is 12.0. The number of aromatic nitrogens is 3. The molecule has 0 bridgehead atoms. The fraction of sp³-hybridized carbons (Fsp3) is 0.786. The molecule has 0 radical (unpaired) electrons. The molecule has 0 amide bonds. The highest BCUT2D eigenvalue weighted by atomic mass is 16.5. The largest absolute Gasteiger partial charge is 0.379 e. The summed E-state index contributed by atoms with van der Waals surface area (Å²) in [5.41, 5.74) is 0.499. The molecule has 1 saturated heterocycles. The minimum absolute atomic E-state index is 0.276. The van der Waals surface area contributed by atoms with Crippen molar-refractivity contribution in [1.29, 1.82) is 0 Å². The first-order chi connectivity index (χ1) is 9.71. The standard InChI is InChI=1S/C14H22N4O2/c1-17-11-12(15-16-17)10-13(19)14(4-2-3-5-14)18-6-8-20-9-7-18/h11H,2-10H2,1H3. The number of hydrogen-bond donors (Lipinski definition) is 0. The third-order valence-electron chi connectivity index (χ3n) is 4.56. The SMILES string of the molecule is Cn1cc(CC(=O)C2(N3CCOCC3)CCCC2)nn1. The average molecular weight is 278 g/mol. The molecule has 0 atom stereocenters. The van der Waals surface area contributed by atoms with E-state index in [1.165, 1.54) is 0 Å². The molecule has 0 N–H and O–H groups in total. The van der Waals surface area contributed by atoms with Gasteiger partial charge in [-0.3, -0.25) is 14.4 Å². The van der Waals surface area contributed by atoms with Gasteiger partial charge in [0.2, 0.25) is 0 Å². The molecule has 1 aliphatic heterocycles. The summed E-state index contributed by atoms with van der Waals surface area (Å²) in [4.78, 5) is 15.2. The Balaban J connectivity index is 1.76. The number of carbonyl (C=O) groups excluding carboxylic acids is 1. The van der Waals surface area contributed by atoms with Crippen LogP contribution in [0.25, 0.3) is 0 Å². The van der Waals surface area contributed by atoms with Gasteiger partial charge in [0.15, 0.2) is 5.78 Å². The lowest BCUT2D eigenvalue weighted by molar-refractivity contribution is -0.133. The summed E-state index contributed by atoms with van der Waals surface area (Å²) < 4.78 is 7.08. The minimum atomic E-state index is -0.276. The van der Waals surface area contributed by atoms with Crippen LogP contribution >= 0.6 is 0 Å². The van der Waals surface area contributed by atoms with Gasteiger partial charge in [-0.05, 0) is 12.8 Å². The Bertz CT molecular complexity index is 473. The number of aryl methyl sites for hydroxylation is 1. The molecule has 6 nitrogen and oxygen atoms in total. The Labute approximate surface area is 119 Å². The summed E-state index contributed by atoms with van der Waals surface area (Å²) in [5, 5.41) is 7.96. The molecule has 20 heavy (non-hydrogen) atoms. The van der Waals surface area contributed by atoms with Crippen LogP contribution in [0.3, 0.4) is 0 Å². The first-order valence-corrected chi connectivity index (χ1v) is 7.42.